The number of nitrogens with zero attached hydrogens (tertiary/aromatic N) is 2. The molecule has 1 aromatic heterocycles. The van der Waals surface area contributed by atoms with Gasteiger partial charge in [-0.15, -0.1) is 0 Å². The van der Waals surface area contributed by atoms with E-state index >= 15 is 0 Å². The van der Waals surface area contributed by atoms with Crippen LogP contribution in [-0.2, 0) is 14.9 Å². The van der Waals surface area contributed by atoms with Gasteiger partial charge in [-0.25, -0.2) is 4.79 Å². The molecule has 0 radical (unpaired) electrons. The zero-order chi connectivity index (χ0) is 23.6. The van der Waals surface area contributed by atoms with Gasteiger partial charge in [-0.1, -0.05) is 48.5 Å². The van der Waals surface area contributed by atoms with Crippen molar-refractivity contribution in [2.75, 3.05) is 6.61 Å². The fraction of sp³-hybridized carbons (Fsp3) is 0.125. The van der Waals surface area contributed by atoms with Gasteiger partial charge in [0.25, 0.3) is 5.56 Å². The third-order valence-corrected chi connectivity index (χ3v) is 6.15. The molecule has 0 aliphatic carbocycles. The second-order valence-corrected chi connectivity index (χ2v) is 8.71. The van der Waals surface area contributed by atoms with Crippen LogP contribution in [0.25, 0.3) is 16.5 Å². The van der Waals surface area contributed by atoms with E-state index in [4.69, 9.17) is 8.92 Å². The molecule has 0 fully saturated rings. The highest BCUT2D eigenvalue weighted by Gasteiger charge is 2.26. The van der Waals surface area contributed by atoms with E-state index < -0.39 is 33.1 Å². The van der Waals surface area contributed by atoms with E-state index in [0.29, 0.717) is 11.1 Å². The van der Waals surface area contributed by atoms with Crippen LogP contribution < -0.4 is 9.74 Å². The van der Waals surface area contributed by atoms with Gasteiger partial charge in [0.2, 0.25) is 5.69 Å². The molecule has 0 spiro atoms. The van der Waals surface area contributed by atoms with E-state index in [1.165, 1.54) is 12.1 Å². The highest BCUT2D eigenvalue weighted by Crippen LogP contribution is 2.25. The van der Waals surface area contributed by atoms with E-state index in [9.17, 15) is 18.0 Å². The number of benzene rings is 3. The van der Waals surface area contributed by atoms with Crippen LogP contribution in [0.15, 0.2) is 82.5 Å². The molecule has 0 N–H and O–H groups in total. The van der Waals surface area contributed by atoms with Gasteiger partial charge >= 0.3 is 16.1 Å². The fourth-order valence-electron chi connectivity index (χ4n) is 3.31. The van der Waals surface area contributed by atoms with Crippen molar-refractivity contribution in [1.29, 1.82) is 0 Å². The highest BCUT2D eigenvalue weighted by atomic mass is 32.2. The second kappa shape index (κ2) is 8.87. The van der Waals surface area contributed by atoms with Crippen LogP contribution in [0.1, 0.15) is 23.0 Å². The number of ether oxygens (including phenoxy) is 1. The summed E-state index contributed by atoms with van der Waals surface area (Å²) in [6, 6.07) is 19.6. The Kier molecular flexibility index (Phi) is 5.97. The van der Waals surface area contributed by atoms with Gasteiger partial charge in [0.15, 0.2) is 5.75 Å². The number of fused-ring (bicyclic) bond motifs is 1. The Hall–Kier alpha value is -3.98. The molecule has 9 heteroatoms. The normalized spacial score (nSPS) is 11.3. The molecule has 3 aromatic carbocycles. The van der Waals surface area contributed by atoms with Crippen LogP contribution >= 0.6 is 0 Å². The van der Waals surface area contributed by atoms with Crippen molar-refractivity contribution in [3.63, 3.8) is 0 Å². The molecule has 0 unspecified atom stereocenters. The molecule has 168 valence electrons. The Labute approximate surface area is 190 Å². The quantitative estimate of drug-likeness (QED) is 0.317. The van der Waals surface area contributed by atoms with Crippen LogP contribution in [0, 0.1) is 6.92 Å². The predicted molar refractivity (Wildman–Crippen MR) is 122 cm³/mol. The predicted octanol–water partition coefficient (Wildman–Crippen LogP) is 3.64. The van der Waals surface area contributed by atoms with E-state index in [1.54, 1.807) is 56.3 Å². The molecule has 0 atom stereocenters. The largest absolute Gasteiger partial charge is 0.461 e. The summed E-state index contributed by atoms with van der Waals surface area (Å²) in [5.41, 5.74) is 0.0847. The molecule has 33 heavy (non-hydrogen) atoms. The number of rotatable bonds is 6. The van der Waals surface area contributed by atoms with E-state index in [2.05, 4.69) is 5.10 Å². The summed E-state index contributed by atoms with van der Waals surface area (Å²) >= 11 is 0. The van der Waals surface area contributed by atoms with Gasteiger partial charge in [-0.2, -0.15) is 18.2 Å². The summed E-state index contributed by atoms with van der Waals surface area (Å²) in [6.07, 6.45) is 0. The first-order chi connectivity index (χ1) is 15.8. The van der Waals surface area contributed by atoms with Crippen molar-refractivity contribution in [2.45, 2.75) is 18.7 Å². The zero-order valence-corrected chi connectivity index (χ0v) is 18.7. The van der Waals surface area contributed by atoms with Crippen LogP contribution in [0.2, 0.25) is 0 Å². The third kappa shape index (κ3) is 4.49. The molecule has 1 heterocycles. The minimum atomic E-state index is -4.37. The summed E-state index contributed by atoms with van der Waals surface area (Å²) in [6.45, 7) is 3.41. The van der Waals surface area contributed by atoms with Gasteiger partial charge in [0.1, 0.15) is 4.90 Å². The Balaban J connectivity index is 1.82. The van der Waals surface area contributed by atoms with Crippen molar-refractivity contribution < 1.29 is 22.1 Å². The SMILES string of the molecule is CCOC(=O)c1nn(-c2ccccc2C)c(=O)cc1OS(=O)(=O)c1ccc2ccccc2c1. The molecule has 0 amide bonds. The summed E-state index contributed by atoms with van der Waals surface area (Å²) in [4.78, 5) is 25.2. The summed E-state index contributed by atoms with van der Waals surface area (Å²) in [5, 5.41) is 5.64. The van der Waals surface area contributed by atoms with Crippen LogP contribution in [0.3, 0.4) is 0 Å². The molecule has 4 aromatic rings. The van der Waals surface area contributed by atoms with Crippen molar-refractivity contribution in [3.8, 4) is 11.4 Å². The summed E-state index contributed by atoms with van der Waals surface area (Å²) in [7, 11) is -4.37. The van der Waals surface area contributed by atoms with Crippen LogP contribution in [0.5, 0.6) is 5.75 Å². The lowest BCUT2D eigenvalue weighted by Crippen LogP contribution is -2.26. The molecule has 0 aliphatic rings. The van der Waals surface area contributed by atoms with Crippen molar-refractivity contribution in [1.82, 2.24) is 9.78 Å². The second-order valence-electron chi connectivity index (χ2n) is 7.16. The number of hydrogen-bond donors (Lipinski definition) is 0. The van der Waals surface area contributed by atoms with Crippen LogP contribution in [0.4, 0.5) is 0 Å². The molecule has 0 saturated heterocycles. The van der Waals surface area contributed by atoms with Gasteiger partial charge in [0.05, 0.1) is 18.4 Å². The van der Waals surface area contributed by atoms with Crippen molar-refractivity contribution >= 4 is 26.9 Å². The number of aromatic nitrogens is 2. The monoisotopic (exact) mass is 464 g/mol. The summed E-state index contributed by atoms with van der Waals surface area (Å²) in [5.74, 6) is -1.42. The minimum Gasteiger partial charge on any atom is -0.461 e. The zero-order valence-electron chi connectivity index (χ0n) is 17.9. The maximum Gasteiger partial charge on any atom is 0.362 e. The standard InChI is InChI=1S/C24H20N2O6S/c1-3-31-24(28)23-21(15-22(27)26(25-23)20-11-7-4-8-16(20)2)32-33(29,30)19-13-12-17-9-5-6-10-18(17)14-19/h4-15H,3H2,1-2H3. The first-order valence-electron chi connectivity index (χ1n) is 10.1. The van der Waals surface area contributed by atoms with Gasteiger partial charge in [-0.05, 0) is 48.4 Å². The molecular formula is C24H20N2O6S. The number of hydrogen-bond acceptors (Lipinski definition) is 7. The summed E-state index contributed by atoms with van der Waals surface area (Å²) < 4.78 is 37.2. The number of aryl methyl sites for hydroxylation is 1. The van der Waals surface area contributed by atoms with Crippen molar-refractivity contribution in [2.24, 2.45) is 0 Å². The van der Waals surface area contributed by atoms with E-state index in [0.717, 1.165) is 21.7 Å². The molecular weight excluding hydrogens is 444 g/mol. The Morgan fingerprint density at radius 2 is 1.67 bits per heavy atom. The van der Waals surface area contributed by atoms with Gasteiger partial charge in [-0.3, -0.25) is 4.79 Å². The number of carbonyl (C=O) groups is 1. The molecule has 8 nitrogen and oxygen atoms in total. The maximum absolute atomic E-state index is 13.0. The smallest absolute Gasteiger partial charge is 0.362 e. The van der Waals surface area contributed by atoms with Gasteiger partial charge in [0, 0.05) is 0 Å². The molecule has 0 saturated carbocycles. The molecule has 0 aliphatic heterocycles. The van der Waals surface area contributed by atoms with Crippen LogP contribution in [-0.4, -0.2) is 30.8 Å². The van der Waals surface area contributed by atoms with Crippen molar-refractivity contribution in [3.05, 3.63) is 94.4 Å². The topological polar surface area (TPSA) is 105 Å². The average Bonchev–Trinajstić information content (AvgIpc) is 2.79. The lowest BCUT2D eigenvalue weighted by molar-refractivity contribution is 0.0515. The lowest BCUT2D eigenvalue weighted by atomic mass is 10.1. The average molecular weight is 464 g/mol. The number of esters is 1. The number of para-hydroxylation sites is 1. The third-order valence-electron chi connectivity index (χ3n) is 4.92. The first kappa shape index (κ1) is 22.2. The first-order valence-corrected chi connectivity index (χ1v) is 11.5. The Morgan fingerprint density at radius 3 is 2.39 bits per heavy atom. The van der Waals surface area contributed by atoms with E-state index in [-0.39, 0.29) is 11.5 Å². The fourth-order valence-corrected chi connectivity index (χ4v) is 4.27. The molecule has 0 bridgehead atoms. The lowest BCUT2D eigenvalue weighted by Gasteiger charge is -2.13. The maximum atomic E-state index is 13.0. The minimum absolute atomic E-state index is 0.0286. The van der Waals surface area contributed by atoms with E-state index in [1.807, 2.05) is 12.1 Å². The Bertz CT molecular complexity index is 1530. The molecule has 4 rings (SSSR count). The Morgan fingerprint density at radius 1 is 0.970 bits per heavy atom. The highest BCUT2D eigenvalue weighted by molar-refractivity contribution is 7.87. The number of carbonyl (C=O) groups excluding carboxylic acids is 1. The van der Waals surface area contributed by atoms with Gasteiger partial charge < -0.3 is 8.92 Å².